The second kappa shape index (κ2) is 11.6. The van der Waals surface area contributed by atoms with Gasteiger partial charge in [-0.15, -0.1) is 0 Å². The van der Waals surface area contributed by atoms with E-state index in [1.807, 2.05) is 60.7 Å². The number of aromatic nitrogens is 1. The van der Waals surface area contributed by atoms with E-state index >= 15 is 0 Å². The highest BCUT2D eigenvalue weighted by Gasteiger charge is 2.25. The second-order valence-corrected chi connectivity index (χ2v) is 7.41. The Morgan fingerprint density at radius 2 is 1.81 bits per heavy atom. The predicted octanol–water partition coefficient (Wildman–Crippen LogP) is 2.82. The lowest BCUT2D eigenvalue weighted by atomic mass is 9.76. The molecular weight excluding hydrogens is 401 g/mol. The van der Waals surface area contributed by atoms with Gasteiger partial charge in [-0.3, -0.25) is 9.78 Å². The Morgan fingerprint density at radius 1 is 1.06 bits per heavy atom. The standard InChI is InChI=1S/C25H24BN3O3/c27-18-22(23-11-4-5-14-28-23)16-21-10-6-9-20(15-21)12-13-25(30)29-24(26(31)32)17-19-7-2-1-3-8-19/h1-11,14-16,24,31-32H,12-13,17H2,(H,29,30)/t24-/m0/s1. The van der Waals surface area contributed by atoms with Gasteiger partial charge in [0.25, 0.3) is 0 Å². The molecule has 0 aliphatic rings. The molecule has 3 rings (SSSR count). The van der Waals surface area contributed by atoms with Gasteiger partial charge in [0.2, 0.25) is 5.91 Å². The molecule has 32 heavy (non-hydrogen) atoms. The van der Waals surface area contributed by atoms with E-state index in [9.17, 15) is 20.1 Å². The van der Waals surface area contributed by atoms with Crippen LogP contribution >= 0.6 is 0 Å². The number of pyridine rings is 1. The van der Waals surface area contributed by atoms with Crippen molar-refractivity contribution in [2.75, 3.05) is 0 Å². The third-order valence-corrected chi connectivity index (χ3v) is 4.97. The maximum absolute atomic E-state index is 12.4. The topological polar surface area (TPSA) is 106 Å². The van der Waals surface area contributed by atoms with Crippen molar-refractivity contribution in [2.45, 2.75) is 25.2 Å². The zero-order valence-electron chi connectivity index (χ0n) is 17.6. The molecule has 1 amide bonds. The molecule has 6 nitrogen and oxygen atoms in total. The number of benzene rings is 2. The summed E-state index contributed by atoms with van der Waals surface area (Å²) in [6, 6.07) is 24.6. The lowest BCUT2D eigenvalue weighted by molar-refractivity contribution is -0.121. The van der Waals surface area contributed by atoms with Gasteiger partial charge < -0.3 is 15.4 Å². The number of nitriles is 1. The van der Waals surface area contributed by atoms with E-state index in [0.717, 1.165) is 16.7 Å². The maximum Gasteiger partial charge on any atom is 0.475 e. The highest BCUT2D eigenvalue weighted by Crippen LogP contribution is 2.17. The number of aryl methyl sites for hydroxylation is 1. The minimum absolute atomic E-state index is 0.205. The lowest BCUT2D eigenvalue weighted by Gasteiger charge is -2.18. The van der Waals surface area contributed by atoms with Gasteiger partial charge >= 0.3 is 7.12 Å². The van der Waals surface area contributed by atoms with Crippen molar-refractivity contribution in [2.24, 2.45) is 0 Å². The van der Waals surface area contributed by atoms with Crippen LogP contribution in [0, 0.1) is 11.3 Å². The minimum atomic E-state index is -1.65. The smallest absolute Gasteiger partial charge is 0.426 e. The summed E-state index contributed by atoms with van der Waals surface area (Å²) < 4.78 is 0. The molecule has 0 aliphatic heterocycles. The Balaban J connectivity index is 1.61. The Kier molecular flexibility index (Phi) is 8.33. The maximum atomic E-state index is 12.4. The lowest BCUT2D eigenvalue weighted by Crippen LogP contribution is -2.47. The van der Waals surface area contributed by atoms with Crippen LogP contribution in [0.2, 0.25) is 0 Å². The van der Waals surface area contributed by atoms with Crippen molar-refractivity contribution in [3.05, 3.63) is 101 Å². The second-order valence-electron chi connectivity index (χ2n) is 7.41. The molecule has 0 saturated carbocycles. The first kappa shape index (κ1) is 22.9. The zero-order chi connectivity index (χ0) is 22.8. The summed E-state index contributed by atoms with van der Waals surface area (Å²) >= 11 is 0. The molecule has 2 aromatic carbocycles. The van der Waals surface area contributed by atoms with Crippen molar-refractivity contribution >= 4 is 24.7 Å². The van der Waals surface area contributed by atoms with Crippen molar-refractivity contribution in [1.29, 1.82) is 5.26 Å². The fraction of sp³-hybridized carbons (Fsp3) is 0.160. The first-order chi connectivity index (χ1) is 15.5. The molecular formula is C25H24BN3O3. The molecule has 160 valence electrons. The van der Waals surface area contributed by atoms with Crippen LogP contribution in [0.15, 0.2) is 79.0 Å². The monoisotopic (exact) mass is 425 g/mol. The van der Waals surface area contributed by atoms with Gasteiger partial charge in [0.15, 0.2) is 0 Å². The van der Waals surface area contributed by atoms with Gasteiger partial charge in [0.05, 0.1) is 17.2 Å². The highest BCUT2D eigenvalue weighted by molar-refractivity contribution is 6.43. The van der Waals surface area contributed by atoms with E-state index in [2.05, 4.69) is 16.4 Å². The summed E-state index contributed by atoms with van der Waals surface area (Å²) in [4.78, 5) is 16.6. The molecule has 0 aliphatic carbocycles. The number of carbonyl (C=O) groups is 1. The first-order valence-corrected chi connectivity index (χ1v) is 10.4. The number of nitrogens with zero attached hydrogens (tertiary/aromatic N) is 2. The number of carbonyl (C=O) groups excluding carboxylic acids is 1. The molecule has 0 bridgehead atoms. The van der Waals surface area contributed by atoms with Crippen LogP contribution in [0.3, 0.4) is 0 Å². The summed E-state index contributed by atoms with van der Waals surface area (Å²) in [5, 5.41) is 31.5. The van der Waals surface area contributed by atoms with E-state index in [0.29, 0.717) is 24.1 Å². The van der Waals surface area contributed by atoms with Crippen LogP contribution in [-0.2, 0) is 17.6 Å². The molecule has 0 radical (unpaired) electrons. The molecule has 0 saturated heterocycles. The van der Waals surface area contributed by atoms with Gasteiger partial charge in [-0.25, -0.2) is 0 Å². The summed E-state index contributed by atoms with van der Waals surface area (Å²) in [7, 11) is -1.65. The first-order valence-electron chi connectivity index (χ1n) is 10.4. The molecule has 3 N–H and O–H groups in total. The Labute approximate surface area is 188 Å². The fourth-order valence-corrected chi connectivity index (χ4v) is 3.33. The number of allylic oxidation sites excluding steroid dienone is 1. The third-order valence-electron chi connectivity index (χ3n) is 4.97. The van der Waals surface area contributed by atoms with Crippen LogP contribution in [0.5, 0.6) is 0 Å². The fourth-order valence-electron chi connectivity index (χ4n) is 3.33. The van der Waals surface area contributed by atoms with Crippen molar-refractivity contribution in [3.63, 3.8) is 0 Å². The van der Waals surface area contributed by atoms with Crippen LogP contribution in [0.25, 0.3) is 11.6 Å². The zero-order valence-corrected chi connectivity index (χ0v) is 17.6. The van der Waals surface area contributed by atoms with E-state index in [1.165, 1.54) is 0 Å². The van der Waals surface area contributed by atoms with Crippen molar-refractivity contribution < 1.29 is 14.8 Å². The predicted molar refractivity (Wildman–Crippen MR) is 125 cm³/mol. The van der Waals surface area contributed by atoms with E-state index in [4.69, 9.17) is 0 Å². The van der Waals surface area contributed by atoms with Crippen molar-refractivity contribution in [1.82, 2.24) is 10.3 Å². The summed E-state index contributed by atoms with van der Waals surface area (Å²) in [5.74, 6) is -1.04. The number of rotatable bonds is 9. The molecule has 0 fully saturated rings. The summed E-state index contributed by atoms with van der Waals surface area (Å²) in [6.07, 6.45) is 4.43. The minimum Gasteiger partial charge on any atom is -0.426 e. The molecule has 3 aromatic rings. The third kappa shape index (κ3) is 6.91. The van der Waals surface area contributed by atoms with Gasteiger partial charge in [0, 0.05) is 12.6 Å². The van der Waals surface area contributed by atoms with Crippen LogP contribution in [-0.4, -0.2) is 34.0 Å². The van der Waals surface area contributed by atoms with Crippen LogP contribution in [0.1, 0.15) is 28.8 Å². The molecule has 0 unspecified atom stereocenters. The average molecular weight is 425 g/mol. The van der Waals surface area contributed by atoms with E-state index in [-0.39, 0.29) is 12.3 Å². The van der Waals surface area contributed by atoms with Crippen LogP contribution < -0.4 is 5.32 Å². The number of amides is 1. The quantitative estimate of drug-likeness (QED) is 0.361. The largest absolute Gasteiger partial charge is 0.475 e. The highest BCUT2D eigenvalue weighted by atomic mass is 16.4. The average Bonchev–Trinajstić information content (AvgIpc) is 2.82. The number of nitrogens with one attached hydrogen (secondary N) is 1. The molecule has 1 heterocycles. The number of hydrogen-bond donors (Lipinski definition) is 3. The normalized spacial score (nSPS) is 12.0. The van der Waals surface area contributed by atoms with Gasteiger partial charge in [0.1, 0.15) is 6.07 Å². The molecule has 7 heteroatoms. The van der Waals surface area contributed by atoms with E-state index in [1.54, 1.807) is 24.4 Å². The number of hydrogen-bond acceptors (Lipinski definition) is 5. The SMILES string of the molecule is N#CC(=Cc1cccc(CCC(=O)N[C@@H](Cc2ccccc2)B(O)O)c1)c1ccccn1. The van der Waals surface area contributed by atoms with Crippen molar-refractivity contribution in [3.8, 4) is 6.07 Å². The van der Waals surface area contributed by atoms with E-state index < -0.39 is 13.1 Å². The summed E-state index contributed by atoms with van der Waals surface area (Å²) in [5.41, 5.74) is 3.76. The Bertz CT molecular complexity index is 1100. The van der Waals surface area contributed by atoms with Gasteiger partial charge in [-0.2, -0.15) is 5.26 Å². The Hall–Kier alpha value is -3.73. The molecule has 0 spiro atoms. The Morgan fingerprint density at radius 3 is 2.50 bits per heavy atom. The summed E-state index contributed by atoms with van der Waals surface area (Å²) in [6.45, 7) is 0. The van der Waals surface area contributed by atoms with Gasteiger partial charge in [-0.1, -0.05) is 60.7 Å². The van der Waals surface area contributed by atoms with Gasteiger partial charge in [-0.05, 0) is 47.7 Å². The molecule has 1 aromatic heterocycles. The molecule has 1 atom stereocenters. The van der Waals surface area contributed by atoms with Crippen LogP contribution in [0.4, 0.5) is 0 Å².